The molecule has 0 aliphatic heterocycles. The lowest BCUT2D eigenvalue weighted by molar-refractivity contribution is -0.138. The SMILES string of the molecule is CSCCOC(=O)C1=CCC(NC(=O)CC=O)C1. The minimum absolute atomic E-state index is 0.0967. The molecular weight excluding hydrogens is 254 g/mol. The fourth-order valence-corrected chi connectivity index (χ4v) is 1.92. The van der Waals surface area contributed by atoms with Gasteiger partial charge in [-0.15, -0.1) is 0 Å². The topological polar surface area (TPSA) is 72.5 Å². The number of hydrogen-bond donors (Lipinski definition) is 1. The van der Waals surface area contributed by atoms with Crippen LogP contribution in [-0.2, 0) is 19.1 Å². The maximum atomic E-state index is 11.6. The van der Waals surface area contributed by atoms with Crippen molar-refractivity contribution in [2.24, 2.45) is 0 Å². The summed E-state index contributed by atoms with van der Waals surface area (Å²) in [5.41, 5.74) is 0.604. The van der Waals surface area contributed by atoms with Crippen LogP contribution in [0.25, 0.3) is 0 Å². The zero-order valence-electron chi connectivity index (χ0n) is 10.3. The van der Waals surface area contributed by atoms with E-state index in [9.17, 15) is 14.4 Å². The monoisotopic (exact) mass is 271 g/mol. The van der Waals surface area contributed by atoms with Crippen LogP contribution in [0.4, 0.5) is 0 Å². The standard InChI is InChI=1S/C12H17NO4S/c1-18-7-6-17-12(16)9-2-3-10(8-9)13-11(15)4-5-14/h2,5,10H,3-4,6-8H2,1H3,(H,13,15). The normalized spacial score (nSPS) is 18.1. The molecule has 6 heteroatoms. The highest BCUT2D eigenvalue weighted by molar-refractivity contribution is 7.98. The van der Waals surface area contributed by atoms with E-state index in [1.165, 1.54) is 0 Å². The number of aldehydes is 1. The third kappa shape index (κ3) is 4.91. The molecule has 0 saturated carbocycles. The molecule has 0 spiro atoms. The van der Waals surface area contributed by atoms with Crippen molar-refractivity contribution in [1.29, 1.82) is 0 Å². The number of rotatable bonds is 7. The molecule has 18 heavy (non-hydrogen) atoms. The second-order valence-electron chi connectivity index (χ2n) is 3.93. The molecule has 5 nitrogen and oxygen atoms in total. The summed E-state index contributed by atoms with van der Waals surface area (Å²) in [6.45, 7) is 0.402. The van der Waals surface area contributed by atoms with E-state index in [-0.39, 0.29) is 24.3 Å². The van der Waals surface area contributed by atoms with Crippen LogP contribution in [0.2, 0.25) is 0 Å². The van der Waals surface area contributed by atoms with Crippen LogP contribution in [0, 0.1) is 0 Å². The second-order valence-corrected chi connectivity index (χ2v) is 4.92. The van der Waals surface area contributed by atoms with Crippen LogP contribution in [0.5, 0.6) is 0 Å². The Labute approximate surface area is 110 Å². The van der Waals surface area contributed by atoms with E-state index in [0.717, 1.165) is 5.75 Å². The Hall–Kier alpha value is -1.30. The Balaban J connectivity index is 2.29. The van der Waals surface area contributed by atoms with E-state index < -0.39 is 0 Å². The Morgan fingerprint density at radius 3 is 3.06 bits per heavy atom. The van der Waals surface area contributed by atoms with Gasteiger partial charge in [0.05, 0.1) is 6.42 Å². The Morgan fingerprint density at radius 2 is 2.39 bits per heavy atom. The van der Waals surface area contributed by atoms with Gasteiger partial charge < -0.3 is 14.8 Å². The van der Waals surface area contributed by atoms with Crippen LogP contribution in [0.3, 0.4) is 0 Å². The average molecular weight is 271 g/mol. The van der Waals surface area contributed by atoms with Gasteiger partial charge in [-0.05, 0) is 19.1 Å². The molecule has 0 heterocycles. The number of esters is 1. The third-order valence-electron chi connectivity index (χ3n) is 2.53. The second kappa shape index (κ2) is 7.92. The summed E-state index contributed by atoms with van der Waals surface area (Å²) >= 11 is 1.61. The quantitative estimate of drug-likeness (QED) is 0.319. The molecule has 0 aromatic heterocycles. The van der Waals surface area contributed by atoms with Crippen LogP contribution < -0.4 is 5.32 Å². The van der Waals surface area contributed by atoms with E-state index in [0.29, 0.717) is 31.3 Å². The van der Waals surface area contributed by atoms with E-state index in [1.54, 1.807) is 17.8 Å². The van der Waals surface area contributed by atoms with Crippen molar-refractivity contribution in [2.75, 3.05) is 18.6 Å². The van der Waals surface area contributed by atoms with Gasteiger partial charge in [-0.3, -0.25) is 4.79 Å². The maximum Gasteiger partial charge on any atom is 0.333 e. The van der Waals surface area contributed by atoms with Crippen molar-refractivity contribution in [2.45, 2.75) is 25.3 Å². The molecule has 1 rings (SSSR count). The minimum Gasteiger partial charge on any atom is -0.461 e. The highest BCUT2D eigenvalue weighted by Crippen LogP contribution is 2.20. The Kier molecular flexibility index (Phi) is 6.49. The van der Waals surface area contributed by atoms with Crippen molar-refractivity contribution in [3.63, 3.8) is 0 Å². The molecule has 1 aliphatic rings. The lowest BCUT2D eigenvalue weighted by Gasteiger charge is -2.11. The van der Waals surface area contributed by atoms with Crippen molar-refractivity contribution < 1.29 is 19.1 Å². The van der Waals surface area contributed by atoms with Crippen LogP contribution in [0.1, 0.15) is 19.3 Å². The molecule has 0 radical (unpaired) electrons. The summed E-state index contributed by atoms with van der Waals surface area (Å²) < 4.78 is 5.07. The van der Waals surface area contributed by atoms with Gasteiger partial charge in [-0.25, -0.2) is 4.79 Å². The van der Waals surface area contributed by atoms with Gasteiger partial charge in [0.25, 0.3) is 0 Å². The predicted octanol–water partition coefficient (Wildman–Crippen LogP) is 0.687. The number of thioether (sulfide) groups is 1. The predicted molar refractivity (Wildman–Crippen MR) is 69.3 cm³/mol. The smallest absolute Gasteiger partial charge is 0.333 e. The summed E-state index contributed by atoms with van der Waals surface area (Å²) in [7, 11) is 0. The minimum atomic E-state index is -0.309. The van der Waals surface area contributed by atoms with Crippen LogP contribution >= 0.6 is 11.8 Å². The third-order valence-corrected chi connectivity index (χ3v) is 3.11. The number of nitrogens with one attached hydrogen (secondary N) is 1. The molecular formula is C12H17NO4S. The fraction of sp³-hybridized carbons (Fsp3) is 0.583. The number of carbonyl (C=O) groups excluding carboxylic acids is 3. The molecule has 1 amide bonds. The maximum absolute atomic E-state index is 11.6. The van der Waals surface area contributed by atoms with Gasteiger partial charge in [0.1, 0.15) is 12.9 Å². The van der Waals surface area contributed by atoms with Gasteiger partial charge >= 0.3 is 5.97 Å². The first-order valence-corrected chi connectivity index (χ1v) is 7.14. The molecule has 1 N–H and O–H groups in total. The molecule has 0 saturated heterocycles. The number of amides is 1. The fourth-order valence-electron chi connectivity index (χ4n) is 1.67. The van der Waals surface area contributed by atoms with Crippen LogP contribution in [0.15, 0.2) is 11.6 Å². The first-order chi connectivity index (χ1) is 8.67. The van der Waals surface area contributed by atoms with Gasteiger partial charge in [-0.2, -0.15) is 11.8 Å². The van der Waals surface area contributed by atoms with Gasteiger partial charge in [0, 0.05) is 17.4 Å². The van der Waals surface area contributed by atoms with Crippen molar-refractivity contribution in [3.05, 3.63) is 11.6 Å². The van der Waals surface area contributed by atoms with E-state index in [2.05, 4.69) is 5.32 Å². The highest BCUT2D eigenvalue weighted by Gasteiger charge is 2.23. The molecule has 1 unspecified atom stereocenters. The van der Waals surface area contributed by atoms with Crippen molar-refractivity contribution >= 4 is 29.9 Å². The molecule has 0 aromatic carbocycles. The van der Waals surface area contributed by atoms with Gasteiger partial charge in [-0.1, -0.05) is 6.08 Å². The largest absolute Gasteiger partial charge is 0.461 e. The summed E-state index contributed by atoms with van der Waals surface area (Å²) in [4.78, 5) is 33.0. The first kappa shape index (κ1) is 14.8. The van der Waals surface area contributed by atoms with Gasteiger partial charge in [0.15, 0.2) is 0 Å². The molecule has 0 bridgehead atoms. The summed E-state index contributed by atoms with van der Waals surface area (Å²) in [5, 5.41) is 2.70. The van der Waals surface area contributed by atoms with E-state index in [4.69, 9.17) is 4.74 Å². The summed E-state index contributed by atoms with van der Waals surface area (Å²) in [6, 6.07) is -0.0967. The Bertz CT molecular complexity index is 354. The number of hydrogen-bond acceptors (Lipinski definition) is 5. The zero-order chi connectivity index (χ0) is 13.4. The van der Waals surface area contributed by atoms with Crippen LogP contribution in [-0.4, -0.2) is 42.8 Å². The molecule has 100 valence electrons. The number of ether oxygens (including phenoxy) is 1. The van der Waals surface area contributed by atoms with Crippen molar-refractivity contribution in [3.8, 4) is 0 Å². The van der Waals surface area contributed by atoms with Crippen molar-refractivity contribution in [1.82, 2.24) is 5.32 Å². The average Bonchev–Trinajstić information content (AvgIpc) is 2.78. The van der Waals surface area contributed by atoms with E-state index >= 15 is 0 Å². The molecule has 0 fully saturated rings. The lowest BCUT2D eigenvalue weighted by atomic mass is 10.2. The molecule has 1 atom stereocenters. The first-order valence-electron chi connectivity index (χ1n) is 5.75. The van der Waals surface area contributed by atoms with E-state index in [1.807, 2.05) is 6.26 Å². The summed E-state index contributed by atoms with van der Waals surface area (Å²) in [6.07, 6.45) is 5.24. The summed E-state index contributed by atoms with van der Waals surface area (Å²) in [5.74, 6) is 0.162. The van der Waals surface area contributed by atoms with Gasteiger partial charge in [0.2, 0.25) is 5.91 Å². The molecule has 1 aliphatic carbocycles. The lowest BCUT2D eigenvalue weighted by Crippen LogP contribution is -2.33. The number of carbonyl (C=O) groups is 3. The molecule has 0 aromatic rings. The Morgan fingerprint density at radius 1 is 1.61 bits per heavy atom. The highest BCUT2D eigenvalue weighted by atomic mass is 32.2. The zero-order valence-corrected chi connectivity index (χ0v) is 11.1.